The molecule has 1 saturated carbocycles. The van der Waals surface area contributed by atoms with Crippen molar-refractivity contribution < 1.29 is 9.57 Å². The Kier molecular flexibility index (Phi) is 4.94. The Morgan fingerprint density at radius 1 is 1.21 bits per heavy atom. The average Bonchev–Trinajstić information content (AvgIpc) is 3.33. The van der Waals surface area contributed by atoms with Crippen LogP contribution in [0.2, 0.25) is 0 Å². The lowest BCUT2D eigenvalue weighted by atomic mass is 9.80. The third kappa shape index (κ3) is 3.39. The zero-order chi connectivity index (χ0) is 19.8. The van der Waals surface area contributed by atoms with Gasteiger partial charge in [0.15, 0.2) is 5.65 Å². The van der Waals surface area contributed by atoms with Crippen LogP contribution in [-0.4, -0.2) is 45.3 Å². The van der Waals surface area contributed by atoms with Crippen molar-refractivity contribution in [2.45, 2.75) is 83.4 Å². The molecule has 0 bridgehead atoms. The van der Waals surface area contributed by atoms with E-state index in [0.717, 1.165) is 85.6 Å². The maximum absolute atomic E-state index is 6.08. The molecular formula is C22H31N5O2. The van der Waals surface area contributed by atoms with Crippen molar-refractivity contribution in [3.05, 3.63) is 17.5 Å². The largest absolute Gasteiger partial charge is 0.389 e. The van der Waals surface area contributed by atoms with Crippen molar-refractivity contribution in [2.24, 2.45) is 5.16 Å². The van der Waals surface area contributed by atoms with Crippen molar-refractivity contribution in [2.75, 3.05) is 18.5 Å². The first-order valence-corrected chi connectivity index (χ1v) is 11.1. The summed E-state index contributed by atoms with van der Waals surface area (Å²) in [5, 5.41) is 14.1. The minimum atomic E-state index is -0.0987. The molecule has 1 saturated heterocycles. The molecular weight excluding hydrogens is 366 g/mol. The fourth-order valence-electron chi connectivity index (χ4n) is 5.10. The number of aryl methyl sites for hydroxylation is 2. The minimum absolute atomic E-state index is 0.0987. The maximum Gasteiger partial charge on any atom is 0.160 e. The summed E-state index contributed by atoms with van der Waals surface area (Å²) in [7, 11) is 0. The van der Waals surface area contributed by atoms with Gasteiger partial charge in [-0.15, -0.1) is 0 Å². The fraction of sp³-hybridized carbons (Fsp3) is 0.682. The molecule has 156 valence electrons. The molecule has 2 aromatic rings. The third-order valence-electron chi connectivity index (χ3n) is 6.73. The molecule has 7 nitrogen and oxygen atoms in total. The van der Waals surface area contributed by atoms with Gasteiger partial charge in [0, 0.05) is 37.8 Å². The second-order valence-electron chi connectivity index (χ2n) is 8.73. The van der Waals surface area contributed by atoms with Crippen LogP contribution in [0.15, 0.2) is 11.4 Å². The molecule has 2 aromatic heterocycles. The lowest BCUT2D eigenvalue weighted by molar-refractivity contribution is -0.0449. The van der Waals surface area contributed by atoms with E-state index in [-0.39, 0.29) is 5.60 Å². The Labute approximate surface area is 171 Å². The molecule has 1 aliphatic carbocycles. The number of hydrogen-bond acceptors (Lipinski definition) is 6. The Morgan fingerprint density at radius 3 is 2.76 bits per heavy atom. The molecule has 3 aliphatic rings. The molecule has 0 amide bonds. The lowest BCUT2D eigenvalue weighted by Crippen LogP contribution is -2.32. The summed E-state index contributed by atoms with van der Waals surface area (Å²) < 4.78 is 7.53. The van der Waals surface area contributed by atoms with E-state index >= 15 is 0 Å². The van der Waals surface area contributed by atoms with Crippen LogP contribution in [0.1, 0.15) is 69.5 Å². The topological polar surface area (TPSA) is 73.6 Å². The van der Waals surface area contributed by atoms with Gasteiger partial charge >= 0.3 is 0 Å². The number of aromatic nitrogens is 3. The predicted molar refractivity (Wildman–Crippen MR) is 113 cm³/mol. The van der Waals surface area contributed by atoms with E-state index < -0.39 is 0 Å². The number of pyridine rings is 1. The van der Waals surface area contributed by atoms with Crippen LogP contribution in [0.25, 0.3) is 11.0 Å². The normalized spacial score (nSPS) is 22.1. The lowest BCUT2D eigenvalue weighted by Gasteiger charge is -2.30. The summed E-state index contributed by atoms with van der Waals surface area (Å²) in [5.41, 5.74) is 5.11. The molecule has 2 aliphatic heterocycles. The van der Waals surface area contributed by atoms with E-state index in [9.17, 15) is 0 Å². The Balaban J connectivity index is 1.56. The number of hydrogen-bond donors (Lipinski definition) is 1. The third-order valence-corrected chi connectivity index (χ3v) is 6.73. The van der Waals surface area contributed by atoms with Gasteiger partial charge in [-0.1, -0.05) is 11.6 Å². The van der Waals surface area contributed by atoms with Crippen LogP contribution in [-0.2, 0) is 16.1 Å². The van der Waals surface area contributed by atoms with E-state index in [0.29, 0.717) is 6.04 Å². The fourth-order valence-corrected chi connectivity index (χ4v) is 5.10. The van der Waals surface area contributed by atoms with Gasteiger partial charge < -0.3 is 14.9 Å². The van der Waals surface area contributed by atoms with Crippen molar-refractivity contribution in [3.63, 3.8) is 0 Å². The summed E-state index contributed by atoms with van der Waals surface area (Å²) >= 11 is 0. The van der Waals surface area contributed by atoms with E-state index in [4.69, 9.17) is 14.6 Å². The number of rotatable bonds is 4. The Hall–Kier alpha value is -2.15. The van der Waals surface area contributed by atoms with Crippen molar-refractivity contribution in [1.29, 1.82) is 0 Å². The zero-order valence-electron chi connectivity index (χ0n) is 17.5. The van der Waals surface area contributed by atoms with E-state index in [2.05, 4.69) is 29.4 Å². The van der Waals surface area contributed by atoms with Gasteiger partial charge in [0.05, 0.1) is 28.7 Å². The number of nitrogens with zero attached hydrogens (tertiary/aromatic N) is 4. The van der Waals surface area contributed by atoms with E-state index in [1.165, 1.54) is 19.3 Å². The highest BCUT2D eigenvalue weighted by atomic mass is 16.7. The van der Waals surface area contributed by atoms with Gasteiger partial charge in [0.1, 0.15) is 5.60 Å². The van der Waals surface area contributed by atoms with Gasteiger partial charge in [-0.25, -0.2) is 9.67 Å². The number of nitrogens with one attached hydrogen (secondary N) is 1. The summed E-state index contributed by atoms with van der Waals surface area (Å²) in [5.74, 6) is 0. The highest BCUT2D eigenvalue weighted by Gasteiger charge is 2.41. The number of ether oxygens (including phenoxy) is 1. The van der Waals surface area contributed by atoms with Gasteiger partial charge in [-0.2, -0.15) is 5.10 Å². The predicted octanol–water partition coefficient (Wildman–Crippen LogP) is 4.18. The first kappa shape index (κ1) is 18.9. The van der Waals surface area contributed by atoms with Crippen LogP contribution in [0.4, 0.5) is 5.69 Å². The van der Waals surface area contributed by atoms with Crippen LogP contribution < -0.4 is 5.32 Å². The number of anilines is 1. The molecule has 1 N–H and O–H groups in total. The molecule has 4 heterocycles. The molecule has 0 atom stereocenters. The summed E-state index contributed by atoms with van der Waals surface area (Å²) in [4.78, 5) is 11.0. The minimum Gasteiger partial charge on any atom is -0.389 e. The van der Waals surface area contributed by atoms with Crippen LogP contribution in [0.5, 0.6) is 0 Å². The van der Waals surface area contributed by atoms with Crippen LogP contribution >= 0.6 is 0 Å². The van der Waals surface area contributed by atoms with Crippen LogP contribution in [0, 0.1) is 6.92 Å². The SMILES string of the molecule is CCn1ncc2c(NC3CCOCC3)c(C3=NOC4(CCCCC4)C3)c(C)nc21. The summed E-state index contributed by atoms with van der Waals surface area (Å²) in [6.45, 7) is 6.61. The number of fused-ring (bicyclic) bond motifs is 1. The molecule has 0 unspecified atom stereocenters. The Morgan fingerprint density at radius 2 is 2.00 bits per heavy atom. The molecule has 5 rings (SSSR count). The average molecular weight is 398 g/mol. The zero-order valence-corrected chi connectivity index (χ0v) is 17.5. The molecule has 7 heteroatoms. The second-order valence-corrected chi connectivity index (χ2v) is 8.73. The summed E-state index contributed by atoms with van der Waals surface area (Å²) in [6, 6.07) is 0.393. The smallest absolute Gasteiger partial charge is 0.160 e. The van der Waals surface area contributed by atoms with Crippen molar-refractivity contribution in [3.8, 4) is 0 Å². The van der Waals surface area contributed by atoms with Gasteiger partial charge in [-0.3, -0.25) is 0 Å². The van der Waals surface area contributed by atoms with Crippen molar-refractivity contribution >= 4 is 22.4 Å². The molecule has 1 spiro atoms. The van der Waals surface area contributed by atoms with Gasteiger partial charge in [-0.05, 0) is 52.4 Å². The van der Waals surface area contributed by atoms with Gasteiger partial charge in [0.25, 0.3) is 0 Å². The Bertz CT molecular complexity index is 923. The van der Waals surface area contributed by atoms with Crippen molar-refractivity contribution in [1.82, 2.24) is 14.8 Å². The maximum atomic E-state index is 6.08. The standard InChI is InChI=1S/C22H31N5O2/c1-3-27-21-17(14-23-27)20(25-16-7-11-28-12-8-16)19(15(2)24-21)18-13-22(29-26-18)9-5-4-6-10-22/h14,16H,3-13H2,1-2H3,(H,24,25). The van der Waals surface area contributed by atoms with E-state index in [1.807, 2.05) is 10.9 Å². The summed E-state index contributed by atoms with van der Waals surface area (Å²) in [6.07, 6.45) is 10.8. The molecule has 2 fully saturated rings. The van der Waals surface area contributed by atoms with Crippen LogP contribution in [0.3, 0.4) is 0 Å². The van der Waals surface area contributed by atoms with E-state index in [1.54, 1.807) is 0 Å². The molecule has 29 heavy (non-hydrogen) atoms. The highest BCUT2D eigenvalue weighted by Crippen LogP contribution is 2.42. The quantitative estimate of drug-likeness (QED) is 0.838. The first-order chi connectivity index (χ1) is 14.2. The number of oxime groups is 1. The first-order valence-electron chi connectivity index (χ1n) is 11.1. The second kappa shape index (κ2) is 7.59. The monoisotopic (exact) mass is 397 g/mol. The molecule has 0 radical (unpaired) electrons. The molecule has 0 aromatic carbocycles. The highest BCUT2D eigenvalue weighted by molar-refractivity contribution is 6.11. The van der Waals surface area contributed by atoms with Gasteiger partial charge in [0.2, 0.25) is 0 Å².